The van der Waals surface area contributed by atoms with Crippen LogP contribution in [-0.4, -0.2) is 5.78 Å². The Labute approximate surface area is 103 Å². The van der Waals surface area contributed by atoms with Gasteiger partial charge in [0.1, 0.15) is 6.26 Å². The van der Waals surface area contributed by atoms with Crippen molar-refractivity contribution in [2.45, 2.75) is 33.6 Å². The molecule has 0 radical (unpaired) electrons. The molecule has 17 heavy (non-hydrogen) atoms. The lowest BCUT2D eigenvalue weighted by molar-refractivity contribution is 0.0932. The second kappa shape index (κ2) is 4.91. The van der Waals surface area contributed by atoms with Crippen molar-refractivity contribution in [1.82, 2.24) is 0 Å². The third-order valence-electron chi connectivity index (χ3n) is 3.32. The Balaban J connectivity index is 2.15. The van der Waals surface area contributed by atoms with E-state index in [4.69, 9.17) is 4.42 Å². The highest BCUT2D eigenvalue weighted by Crippen LogP contribution is 2.36. The number of carbonyl (C=O) groups excluding carboxylic acids is 1. The van der Waals surface area contributed by atoms with Crippen LogP contribution in [0.3, 0.4) is 0 Å². The van der Waals surface area contributed by atoms with Crippen molar-refractivity contribution in [3.8, 4) is 0 Å². The molecule has 0 saturated carbocycles. The average molecular weight is 232 g/mol. The number of hydrogen-bond acceptors (Lipinski definition) is 2. The molecule has 0 saturated heterocycles. The number of hydrogen-bond donors (Lipinski definition) is 0. The molecule has 0 aliphatic heterocycles. The van der Waals surface area contributed by atoms with E-state index in [0.29, 0.717) is 17.4 Å². The lowest BCUT2D eigenvalue weighted by Crippen LogP contribution is -2.15. The van der Waals surface area contributed by atoms with Gasteiger partial charge in [-0.2, -0.15) is 0 Å². The highest BCUT2D eigenvalue weighted by Gasteiger charge is 2.31. The summed E-state index contributed by atoms with van der Waals surface area (Å²) in [5.74, 6) is 1.41. The molecule has 92 valence electrons. The minimum absolute atomic E-state index is 0.0741. The number of rotatable bonds is 4. The van der Waals surface area contributed by atoms with E-state index >= 15 is 0 Å². The molecule has 1 aromatic heterocycles. The highest BCUT2D eigenvalue weighted by molar-refractivity contribution is 5.99. The summed E-state index contributed by atoms with van der Waals surface area (Å²) in [5, 5.41) is 0. The molecule has 1 aromatic rings. The van der Waals surface area contributed by atoms with Gasteiger partial charge >= 0.3 is 0 Å². The zero-order valence-electron chi connectivity index (χ0n) is 10.8. The fourth-order valence-corrected chi connectivity index (χ4v) is 2.64. The highest BCUT2D eigenvalue weighted by atomic mass is 16.3. The summed E-state index contributed by atoms with van der Waals surface area (Å²) in [6.45, 7) is 6.58. The quantitative estimate of drug-likeness (QED) is 0.578. The SMILES string of the molecule is CC(C)CC1=CC(C)CC1C(=O)c1ccoc1. The van der Waals surface area contributed by atoms with Crippen LogP contribution in [0, 0.1) is 17.8 Å². The van der Waals surface area contributed by atoms with Gasteiger partial charge in [-0.1, -0.05) is 32.4 Å². The molecule has 2 heteroatoms. The molecule has 0 amide bonds. The summed E-state index contributed by atoms with van der Waals surface area (Å²) in [7, 11) is 0. The standard InChI is InChI=1S/C15H20O2/c1-10(2)6-13-7-11(3)8-14(13)15(16)12-4-5-17-9-12/h4-5,7,9-11,14H,6,8H2,1-3H3. The zero-order chi connectivity index (χ0) is 12.4. The van der Waals surface area contributed by atoms with Crippen molar-refractivity contribution in [1.29, 1.82) is 0 Å². The molecule has 0 fully saturated rings. The molecule has 0 N–H and O–H groups in total. The second-order valence-electron chi connectivity index (χ2n) is 5.48. The van der Waals surface area contributed by atoms with Crippen LogP contribution < -0.4 is 0 Å². The van der Waals surface area contributed by atoms with Crippen molar-refractivity contribution in [3.05, 3.63) is 35.8 Å². The van der Waals surface area contributed by atoms with E-state index in [1.165, 1.54) is 5.57 Å². The van der Waals surface area contributed by atoms with E-state index < -0.39 is 0 Å². The van der Waals surface area contributed by atoms with E-state index in [0.717, 1.165) is 12.8 Å². The largest absolute Gasteiger partial charge is 0.472 e. The van der Waals surface area contributed by atoms with Gasteiger partial charge < -0.3 is 4.42 Å². The Bertz CT molecular complexity index is 412. The van der Waals surface area contributed by atoms with Crippen LogP contribution in [0.25, 0.3) is 0 Å². The summed E-state index contributed by atoms with van der Waals surface area (Å²) in [4.78, 5) is 12.3. The normalized spacial score (nSPS) is 24.1. The average Bonchev–Trinajstić information content (AvgIpc) is 2.85. The van der Waals surface area contributed by atoms with Gasteiger partial charge in [0.15, 0.2) is 5.78 Å². The zero-order valence-corrected chi connectivity index (χ0v) is 10.8. The van der Waals surface area contributed by atoms with E-state index in [1.807, 2.05) is 0 Å². The van der Waals surface area contributed by atoms with Crippen LogP contribution in [0.15, 0.2) is 34.7 Å². The topological polar surface area (TPSA) is 30.2 Å². The number of Topliss-reactive ketones (excluding diaryl/α,β-unsaturated/α-hetero) is 1. The first-order valence-corrected chi connectivity index (χ1v) is 6.35. The molecule has 2 unspecified atom stereocenters. The number of ketones is 1. The van der Waals surface area contributed by atoms with Crippen molar-refractivity contribution in [2.24, 2.45) is 17.8 Å². The minimum atomic E-state index is 0.0741. The fourth-order valence-electron chi connectivity index (χ4n) is 2.64. The maximum absolute atomic E-state index is 12.3. The monoisotopic (exact) mass is 232 g/mol. The summed E-state index contributed by atoms with van der Waals surface area (Å²) < 4.78 is 5.00. The molecule has 2 nitrogen and oxygen atoms in total. The molecular weight excluding hydrogens is 212 g/mol. The van der Waals surface area contributed by atoms with Crippen LogP contribution >= 0.6 is 0 Å². The van der Waals surface area contributed by atoms with Crippen molar-refractivity contribution in [3.63, 3.8) is 0 Å². The van der Waals surface area contributed by atoms with Gasteiger partial charge in [-0.3, -0.25) is 4.79 Å². The van der Waals surface area contributed by atoms with Gasteiger partial charge in [-0.15, -0.1) is 0 Å². The van der Waals surface area contributed by atoms with Crippen LogP contribution in [-0.2, 0) is 0 Å². The van der Waals surface area contributed by atoms with Crippen molar-refractivity contribution in [2.75, 3.05) is 0 Å². The Morgan fingerprint density at radius 1 is 1.53 bits per heavy atom. The van der Waals surface area contributed by atoms with Gasteiger partial charge in [-0.05, 0) is 30.7 Å². The Morgan fingerprint density at radius 2 is 2.29 bits per heavy atom. The Morgan fingerprint density at radius 3 is 2.88 bits per heavy atom. The predicted octanol–water partition coefficient (Wildman–Crippen LogP) is 4.09. The predicted molar refractivity (Wildman–Crippen MR) is 67.8 cm³/mol. The van der Waals surface area contributed by atoms with Crippen LogP contribution in [0.1, 0.15) is 44.0 Å². The molecule has 2 atom stereocenters. The lowest BCUT2D eigenvalue weighted by atomic mass is 9.88. The Hall–Kier alpha value is -1.31. The molecule has 2 rings (SSSR count). The summed E-state index contributed by atoms with van der Waals surface area (Å²) in [5.41, 5.74) is 2.03. The van der Waals surface area contributed by atoms with E-state index in [9.17, 15) is 4.79 Å². The van der Waals surface area contributed by atoms with Gasteiger partial charge in [0.05, 0.1) is 11.8 Å². The molecule has 0 aromatic carbocycles. The second-order valence-corrected chi connectivity index (χ2v) is 5.48. The third kappa shape index (κ3) is 2.68. The molecule has 1 aliphatic rings. The van der Waals surface area contributed by atoms with E-state index in [-0.39, 0.29) is 11.7 Å². The van der Waals surface area contributed by atoms with Crippen molar-refractivity contribution < 1.29 is 9.21 Å². The number of furan rings is 1. The third-order valence-corrected chi connectivity index (χ3v) is 3.32. The summed E-state index contributed by atoms with van der Waals surface area (Å²) in [6, 6.07) is 1.76. The van der Waals surface area contributed by atoms with Crippen LogP contribution in [0.5, 0.6) is 0 Å². The van der Waals surface area contributed by atoms with Crippen LogP contribution in [0.2, 0.25) is 0 Å². The fraction of sp³-hybridized carbons (Fsp3) is 0.533. The number of carbonyl (C=O) groups is 1. The van der Waals surface area contributed by atoms with E-state index in [1.54, 1.807) is 18.6 Å². The first-order chi connectivity index (χ1) is 8.08. The van der Waals surface area contributed by atoms with Gasteiger partial charge in [0.2, 0.25) is 0 Å². The molecule has 0 spiro atoms. The molecule has 1 aliphatic carbocycles. The first kappa shape index (κ1) is 12.2. The summed E-state index contributed by atoms with van der Waals surface area (Å²) >= 11 is 0. The minimum Gasteiger partial charge on any atom is -0.472 e. The molecule has 0 bridgehead atoms. The maximum atomic E-state index is 12.3. The number of allylic oxidation sites excluding steroid dienone is 2. The van der Waals surface area contributed by atoms with E-state index in [2.05, 4.69) is 26.8 Å². The molecular formula is C15H20O2. The molecule has 1 heterocycles. The van der Waals surface area contributed by atoms with Gasteiger partial charge in [-0.25, -0.2) is 0 Å². The van der Waals surface area contributed by atoms with Crippen LogP contribution in [0.4, 0.5) is 0 Å². The summed E-state index contributed by atoms with van der Waals surface area (Å²) in [6.07, 6.45) is 7.38. The lowest BCUT2D eigenvalue weighted by Gasteiger charge is -2.15. The Kier molecular flexibility index (Phi) is 3.51. The van der Waals surface area contributed by atoms with Gasteiger partial charge in [0, 0.05) is 5.92 Å². The first-order valence-electron chi connectivity index (χ1n) is 6.35. The maximum Gasteiger partial charge on any atom is 0.173 e. The van der Waals surface area contributed by atoms with Crippen molar-refractivity contribution >= 4 is 5.78 Å². The van der Waals surface area contributed by atoms with Gasteiger partial charge in [0.25, 0.3) is 0 Å². The smallest absolute Gasteiger partial charge is 0.173 e.